The van der Waals surface area contributed by atoms with Crippen LogP contribution in [0, 0.1) is 10.8 Å². The summed E-state index contributed by atoms with van der Waals surface area (Å²) in [5, 5.41) is 19.0. The van der Waals surface area contributed by atoms with Crippen LogP contribution in [0.4, 0.5) is 0 Å². The minimum atomic E-state index is -0.561. The molecule has 0 unspecified atom stereocenters. The molecule has 0 atom stereocenters. The number of carbonyl (C=O) groups is 2. The molecule has 0 spiro atoms. The second-order valence-corrected chi connectivity index (χ2v) is 10.7. The highest BCUT2D eigenvalue weighted by Crippen LogP contribution is 2.43. The third kappa shape index (κ3) is 8.90. The molecular weight excluding hydrogens is 400 g/mol. The topological polar surface area (TPSA) is 74.6 Å². The van der Waals surface area contributed by atoms with Gasteiger partial charge in [-0.25, -0.2) is 0 Å². The minimum Gasteiger partial charge on any atom is -0.481 e. The molecule has 0 saturated heterocycles. The Balaban J connectivity index is 1.35. The van der Waals surface area contributed by atoms with Crippen LogP contribution >= 0.6 is 0 Å². The van der Waals surface area contributed by atoms with Gasteiger partial charge in [0, 0.05) is 0 Å². The summed E-state index contributed by atoms with van der Waals surface area (Å²) in [5.74, 6) is -1.12. The van der Waals surface area contributed by atoms with E-state index in [2.05, 4.69) is 12.2 Å². The summed E-state index contributed by atoms with van der Waals surface area (Å²) in [6.45, 7) is 0. The first kappa shape index (κ1) is 26.9. The Kier molecular flexibility index (Phi) is 12.4. The summed E-state index contributed by atoms with van der Waals surface area (Å²) in [6, 6.07) is 0. The van der Waals surface area contributed by atoms with Gasteiger partial charge in [-0.15, -0.1) is 0 Å². The van der Waals surface area contributed by atoms with E-state index in [0.717, 1.165) is 89.9 Å². The van der Waals surface area contributed by atoms with E-state index in [1.54, 1.807) is 0 Å². The van der Waals surface area contributed by atoms with E-state index in [4.69, 9.17) is 0 Å². The van der Waals surface area contributed by atoms with Gasteiger partial charge in [-0.3, -0.25) is 9.59 Å². The van der Waals surface area contributed by atoms with Crippen LogP contribution in [0.1, 0.15) is 141 Å². The maximum absolute atomic E-state index is 11.6. The molecule has 4 nitrogen and oxygen atoms in total. The summed E-state index contributed by atoms with van der Waals surface area (Å²) in [7, 11) is 0. The lowest BCUT2D eigenvalue weighted by atomic mass is 9.81. The summed E-state index contributed by atoms with van der Waals surface area (Å²) in [4.78, 5) is 23.1. The van der Waals surface area contributed by atoms with Crippen molar-refractivity contribution in [1.29, 1.82) is 0 Å². The van der Waals surface area contributed by atoms with Crippen molar-refractivity contribution in [1.82, 2.24) is 0 Å². The van der Waals surface area contributed by atoms with Gasteiger partial charge < -0.3 is 10.2 Å². The number of allylic oxidation sites excluding steroid dienone is 2. The van der Waals surface area contributed by atoms with Crippen molar-refractivity contribution in [3.8, 4) is 0 Å². The number of rotatable bonds is 18. The number of unbranched alkanes of at least 4 members (excludes halogenated alkanes) is 10. The average Bonchev–Trinajstić information content (AvgIpc) is 3.44. The lowest BCUT2D eigenvalue weighted by Crippen LogP contribution is -2.27. The van der Waals surface area contributed by atoms with E-state index in [1.807, 2.05) is 0 Å². The molecule has 2 saturated carbocycles. The van der Waals surface area contributed by atoms with Crippen LogP contribution in [0.25, 0.3) is 0 Å². The van der Waals surface area contributed by atoms with Crippen molar-refractivity contribution < 1.29 is 19.8 Å². The lowest BCUT2D eigenvalue weighted by molar-refractivity contribution is -0.150. The molecule has 0 heterocycles. The zero-order valence-electron chi connectivity index (χ0n) is 20.4. The molecule has 4 heteroatoms. The highest BCUT2D eigenvalue weighted by molar-refractivity contribution is 5.75. The third-order valence-electron chi connectivity index (χ3n) is 8.25. The lowest BCUT2D eigenvalue weighted by Gasteiger charge is -2.23. The molecule has 2 fully saturated rings. The number of carboxylic acids is 2. The first-order chi connectivity index (χ1) is 15.5. The van der Waals surface area contributed by atoms with Crippen LogP contribution in [0.2, 0.25) is 0 Å². The smallest absolute Gasteiger partial charge is 0.309 e. The van der Waals surface area contributed by atoms with E-state index in [0.29, 0.717) is 0 Å². The van der Waals surface area contributed by atoms with Crippen LogP contribution in [0.15, 0.2) is 12.2 Å². The molecule has 0 bridgehead atoms. The molecule has 0 amide bonds. The Hall–Kier alpha value is -1.32. The minimum absolute atomic E-state index is 0.388. The normalized spacial score (nSPS) is 19.6. The maximum Gasteiger partial charge on any atom is 0.309 e. The quantitative estimate of drug-likeness (QED) is 0.163. The van der Waals surface area contributed by atoms with Gasteiger partial charge in [-0.1, -0.05) is 89.2 Å². The van der Waals surface area contributed by atoms with Crippen molar-refractivity contribution >= 4 is 11.9 Å². The Morgan fingerprint density at radius 3 is 1.19 bits per heavy atom. The predicted molar refractivity (Wildman–Crippen MR) is 131 cm³/mol. The fourth-order valence-corrected chi connectivity index (χ4v) is 5.99. The fraction of sp³-hybridized carbons (Fsp3) is 0.857. The molecule has 2 N–H and O–H groups in total. The van der Waals surface area contributed by atoms with Gasteiger partial charge in [0.2, 0.25) is 0 Å². The van der Waals surface area contributed by atoms with Gasteiger partial charge in [-0.2, -0.15) is 0 Å². The first-order valence-corrected chi connectivity index (χ1v) is 13.6. The molecule has 0 aromatic heterocycles. The molecule has 2 rings (SSSR count). The van der Waals surface area contributed by atoms with Crippen molar-refractivity contribution in [2.75, 3.05) is 0 Å². The fourth-order valence-electron chi connectivity index (χ4n) is 5.99. The van der Waals surface area contributed by atoms with Gasteiger partial charge in [0.25, 0.3) is 0 Å². The monoisotopic (exact) mass is 448 g/mol. The molecule has 0 radical (unpaired) electrons. The molecule has 0 aliphatic heterocycles. The molecule has 0 aromatic rings. The molecule has 184 valence electrons. The second kappa shape index (κ2) is 14.8. The molecule has 2 aliphatic rings. The van der Waals surface area contributed by atoms with Crippen molar-refractivity contribution in [3.63, 3.8) is 0 Å². The zero-order valence-corrected chi connectivity index (χ0v) is 20.4. The zero-order chi connectivity index (χ0) is 23.1. The van der Waals surface area contributed by atoms with Crippen LogP contribution in [-0.2, 0) is 9.59 Å². The summed E-state index contributed by atoms with van der Waals surface area (Å²) in [5.41, 5.74) is -0.780. The number of hydrogen-bond donors (Lipinski definition) is 2. The van der Waals surface area contributed by atoms with Gasteiger partial charge in [-0.05, 0) is 64.2 Å². The number of carboxylic acid groups (broad SMARTS) is 2. The largest absolute Gasteiger partial charge is 0.481 e. The van der Waals surface area contributed by atoms with E-state index < -0.39 is 17.4 Å². The molecule has 2 aliphatic carbocycles. The highest BCUT2D eigenvalue weighted by atomic mass is 16.4. The molecule has 0 aromatic carbocycles. The van der Waals surface area contributed by atoms with Crippen molar-refractivity contribution in [3.05, 3.63) is 12.2 Å². The van der Waals surface area contributed by atoms with E-state index in [9.17, 15) is 19.8 Å². The van der Waals surface area contributed by atoms with E-state index >= 15 is 0 Å². The van der Waals surface area contributed by atoms with Crippen LogP contribution in [0.3, 0.4) is 0 Å². The highest BCUT2D eigenvalue weighted by Gasteiger charge is 2.41. The maximum atomic E-state index is 11.6. The SMILES string of the molecule is O=C(O)C1(CCCCCC/C=C\CCCCCCCCC2(C(=O)O)CCCC2)CCCC1. The van der Waals surface area contributed by atoms with Gasteiger partial charge in [0.15, 0.2) is 0 Å². The standard InChI is InChI=1S/C28H48O4/c29-25(30)27(21-15-16-22-27)19-13-11-9-7-5-3-1-2-4-6-8-10-12-14-20-28(26(31)32)23-17-18-24-28/h1,3H,2,4-24H2,(H,29,30)(H,31,32)/b3-1-. The van der Waals surface area contributed by atoms with E-state index in [1.165, 1.54) is 51.4 Å². The predicted octanol–water partition coefficient (Wildman–Crippen LogP) is 8.29. The molecule has 32 heavy (non-hydrogen) atoms. The number of hydrogen-bond acceptors (Lipinski definition) is 2. The Morgan fingerprint density at radius 2 is 0.844 bits per heavy atom. The Labute approximate surface area is 196 Å². The van der Waals surface area contributed by atoms with Gasteiger partial charge in [0.1, 0.15) is 0 Å². The van der Waals surface area contributed by atoms with Crippen molar-refractivity contribution in [2.24, 2.45) is 10.8 Å². The Bertz CT molecular complexity index is 568. The average molecular weight is 449 g/mol. The third-order valence-corrected chi connectivity index (χ3v) is 8.25. The molecular formula is C28H48O4. The van der Waals surface area contributed by atoms with Gasteiger partial charge >= 0.3 is 11.9 Å². The summed E-state index contributed by atoms with van der Waals surface area (Å²) >= 11 is 0. The van der Waals surface area contributed by atoms with Crippen molar-refractivity contribution in [2.45, 2.75) is 141 Å². The summed E-state index contributed by atoms with van der Waals surface area (Å²) in [6.07, 6.45) is 28.6. The van der Waals surface area contributed by atoms with Gasteiger partial charge in [0.05, 0.1) is 10.8 Å². The van der Waals surface area contributed by atoms with E-state index in [-0.39, 0.29) is 5.41 Å². The number of aliphatic carboxylic acids is 2. The first-order valence-electron chi connectivity index (χ1n) is 13.6. The summed E-state index contributed by atoms with van der Waals surface area (Å²) < 4.78 is 0. The van der Waals surface area contributed by atoms with Crippen LogP contribution < -0.4 is 0 Å². The van der Waals surface area contributed by atoms with Crippen LogP contribution in [0.5, 0.6) is 0 Å². The van der Waals surface area contributed by atoms with Crippen LogP contribution in [-0.4, -0.2) is 22.2 Å². The second-order valence-electron chi connectivity index (χ2n) is 10.7. The Morgan fingerprint density at radius 1 is 0.531 bits per heavy atom.